The Morgan fingerprint density at radius 1 is 1.30 bits per heavy atom. The van der Waals surface area contributed by atoms with Crippen LogP contribution < -0.4 is 5.73 Å². The summed E-state index contributed by atoms with van der Waals surface area (Å²) in [7, 11) is 0. The summed E-state index contributed by atoms with van der Waals surface area (Å²) in [5.74, 6) is 1.48. The van der Waals surface area contributed by atoms with Gasteiger partial charge in [0.1, 0.15) is 11.6 Å². The molecular weight excluding hydrogens is 294 g/mol. The number of hydrogen-bond donors (Lipinski definition) is 1. The minimum absolute atomic E-state index is 0.0378. The molecule has 0 aliphatic carbocycles. The van der Waals surface area contributed by atoms with Crippen LogP contribution in [0.2, 0.25) is 0 Å². The van der Waals surface area contributed by atoms with E-state index in [1.165, 1.54) is 6.39 Å². The minimum Gasteiger partial charge on any atom is -0.448 e. The molecule has 3 heterocycles. The van der Waals surface area contributed by atoms with Crippen LogP contribution in [0.4, 0.5) is 5.82 Å². The standard InChI is InChI=1S/C16H21N5O2/c1-11-15(20-10-23-11)16(22)21-5-2-3-12(4-6-21)7-13-8-19-14(17)9-18-13/h8-10,12H,2-7H2,1H3,(H2,17,19)/t12-/m1/s1. The van der Waals surface area contributed by atoms with Crippen molar-refractivity contribution in [2.45, 2.75) is 32.6 Å². The second-order valence-electron chi connectivity index (χ2n) is 5.98. The number of carbonyl (C=O) groups excluding carboxylic acids is 1. The maximum atomic E-state index is 12.5. The second-order valence-corrected chi connectivity index (χ2v) is 5.98. The van der Waals surface area contributed by atoms with Crippen LogP contribution >= 0.6 is 0 Å². The Kier molecular flexibility index (Phi) is 4.55. The van der Waals surface area contributed by atoms with Gasteiger partial charge in [0.2, 0.25) is 0 Å². The van der Waals surface area contributed by atoms with Crippen molar-refractivity contribution in [3.05, 3.63) is 35.9 Å². The van der Waals surface area contributed by atoms with Crippen molar-refractivity contribution in [3.8, 4) is 0 Å². The van der Waals surface area contributed by atoms with Crippen LogP contribution in [0.25, 0.3) is 0 Å². The van der Waals surface area contributed by atoms with Crippen LogP contribution in [0, 0.1) is 12.8 Å². The van der Waals surface area contributed by atoms with Gasteiger partial charge in [-0.3, -0.25) is 9.78 Å². The molecule has 0 aromatic carbocycles. The third kappa shape index (κ3) is 3.67. The zero-order valence-corrected chi connectivity index (χ0v) is 13.2. The number of aromatic nitrogens is 3. The topological polar surface area (TPSA) is 98.1 Å². The van der Waals surface area contributed by atoms with Crippen molar-refractivity contribution in [2.24, 2.45) is 5.92 Å². The van der Waals surface area contributed by atoms with Gasteiger partial charge in [0, 0.05) is 13.1 Å². The number of likely N-dealkylation sites (tertiary alicyclic amines) is 1. The molecule has 1 fully saturated rings. The van der Waals surface area contributed by atoms with Crippen LogP contribution in [0.5, 0.6) is 0 Å². The Hall–Kier alpha value is -2.44. The molecule has 1 amide bonds. The van der Waals surface area contributed by atoms with E-state index >= 15 is 0 Å². The number of carbonyl (C=O) groups is 1. The molecular formula is C16H21N5O2. The summed E-state index contributed by atoms with van der Waals surface area (Å²) in [6, 6.07) is 0. The normalized spacial score (nSPS) is 18.7. The third-order valence-electron chi connectivity index (χ3n) is 4.31. The van der Waals surface area contributed by atoms with E-state index in [0.717, 1.165) is 44.5 Å². The molecule has 1 aliphatic rings. The fourth-order valence-corrected chi connectivity index (χ4v) is 3.00. The lowest BCUT2D eigenvalue weighted by Crippen LogP contribution is -2.32. The lowest BCUT2D eigenvalue weighted by Gasteiger charge is -2.19. The van der Waals surface area contributed by atoms with Gasteiger partial charge in [0.15, 0.2) is 12.1 Å². The van der Waals surface area contributed by atoms with Gasteiger partial charge >= 0.3 is 0 Å². The molecule has 7 heteroatoms. The van der Waals surface area contributed by atoms with E-state index < -0.39 is 0 Å². The van der Waals surface area contributed by atoms with Crippen LogP contribution in [0.15, 0.2) is 23.2 Å². The molecule has 3 rings (SSSR count). The number of oxazole rings is 1. The Labute approximate surface area is 134 Å². The van der Waals surface area contributed by atoms with Crippen molar-refractivity contribution >= 4 is 11.7 Å². The predicted molar refractivity (Wildman–Crippen MR) is 84.6 cm³/mol. The van der Waals surface area contributed by atoms with Crippen LogP contribution in [0.3, 0.4) is 0 Å². The number of anilines is 1. The molecule has 23 heavy (non-hydrogen) atoms. The zero-order chi connectivity index (χ0) is 16.2. The molecule has 122 valence electrons. The Bertz CT molecular complexity index is 667. The van der Waals surface area contributed by atoms with Crippen LogP contribution in [-0.4, -0.2) is 38.8 Å². The largest absolute Gasteiger partial charge is 0.448 e. The van der Waals surface area contributed by atoms with E-state index in [-0.39, 0.29) is 5.91 Å². The Morgan fingerprint density at radius 2 is 2.17 bits per heavy atom. The fraction of sp³-hybridized carbons (Fsp3) is 0.500. The van der Waals surface area contributed by atoms with Gasteiger partial charge in [0.05, 0.1) is 18.1 Å². The van der Waals surface area contributed by atoms with Gasteiger partial charge < -0.3 is 15.1 Å². The first-order valence-corrected chi connectivity index (χ1v) is 7.89. The monoisotopic (exact) mass is 315 g/mol. The van der Waals surface area contributed by atoms with E-state index in [4.69, 9.17) is 10.2 Å². The Balaban J connectivity index is 1.60. The molecule has 7 nitrogen and oxygen atoms in total. The highest BCUT2D eigenvalue weighted by Crippen LogP contribution is 2.22. The summed E-state index contributed by atoms with van der Waals surface area (Å²) in [4.78, 5) is 26.8. The van der Waals surface area contributed by atoms with E-state index in [0.29, 0.717) is 23.2 Å². The second kappa shape index (κ2) is 6.76. The van der Waals surface area contributed by atoms with Crippen LogP contribution in [-0.2, 0) is 6.42 Å². The van der Waals surface area contributed by atoms with Gasteiger partial charge in [-0.2, -0.15) is 0 Å². The van der Waals surface area contributed by atoms with Crippen molar-refractivity contribution in [1.82, 2.24) is 19.9 Å². The molecule has 0 unspecified atom stereocenters. The number of hydrogen-bond acceptors (Lipinski definition) is 6. The molecule has 0 bridgehead atoms. The first-order valence-electron chi connectivity index (χ1n) is 7.89. The lowest BCUT2D eigenvalue weighted by molar-refractivity contribution is 0.0753. The minimum atomic E-state index is -0.0378. The number of amides is 1. The molecule has 0 saturated carbocycles. The highest BCUT2D eigenvalue weighted by atomic mass is 16.3. The predicted octanol–water partition coefficient (Wildman–Crippen LogP) is 1.84. The van der Waals surface area contributed by atoms with Gasteiger partial charge in [-0.05, 0) is 38.5 Å². The number of aryl methyl sites for hydroxylation is 1. The summed E-state index contributed by atoms with van der Waals surface area (Å²) in [6.45, 7) is 3.26. The van der Waals surface area contributed by atoms with Crippen molar-refractivity contribution in [2.75, 3.05) is 18.8 Å². The highest BCUT2D eigenvalue weighted by molar-refractivity contribution is 5.93. The molecule has 0 spiro atoms. The number of rotatable bonds is 3. The van der Waals surface area contributed by atoms with Crippen LogP contribution in [0.1, 0.15) is 41.2 Å². The molecule has 0 radical (unpaired) electrons. The Morgan fingerprint density at radius 3 is 2.87 bits per heavy atom. The van der Waals surface area contributed by atoms with E-state index in [1.807, 2.05) is 4.90 Å². The quantitative estimate of drug-likeness (QED) is 0.928. The fourth-order valence-electron chi connectivity index (χ4n) is 3.00. The maximum absolute atomic E-state index is 12.5. The van der Waals surface area contributed by atoms with Crippen molar-refractivity contribution < 1.29 is 9.21 Å². The molecule has 1 atom stereocenters. The van der Waals surface area contributed by atoms with Gasteiger partial charge in [0.25, 0.3) is 5.91 Å². The van der Waals surface area contributed by atoms with Crippen molar-refractivity contribution in [1.29, 1.82) is 0 Å². The summed E-state index contributed by atoms with van der Waals surface area (Å²) in [6.07, 6.45) is 8.54. The zero-order valence-electron chi connectivity index (χ0n) is 13.2. The summed E-state index contributed by atoms with van der Waals surface area (Å²) < 4.78 is 5.13. The molecule has 2 aromatic heterocycles. The average molecular weight is 315 g/mol. The number of nitrogens with two attached hydrogens (primary N) is 1. The number of nitrogens with zero attached hydrogens (tertiary/aromatic N) is 4. The van der Waals surface area contributed by atoms with Gasteiger partial charge in [-0.15, -0.1) is 0 Å². The smallest absolute Gasteiger partial charge is 0.276 e. The van der Waals surface area contributed by atoms with E-state index in [1.54, 1.807) is 19.3 Å². The van der Waals surface area contributed by atoms with Crippen molar-refractivity contribution in [3.63, 3.8) is 0 Å². The molecule has 1 saturated heterocycles. The van der Waals surface area contributed by atoms with E-state index in [2.05, 4.69) is 15.0 Å². The average Bonchev–Trinajstić information content (AvgIpc) is 2.84. The highest BCUT2D eigenvalue weighted by Gasteiger charge is 2.24. The maximum Gasteiger partial charge on any atom is 0.276 e. The van der Waals surface area contributed by atoms with Gasteiger partial charge in [-0.25, -0.2) is 9.97 Å². The molecule has 2 N–H and O–H groups in total. The van der Waals surface area contributed by atoms with E-state index in [9.17, 15) is 4.79 Å². The number of nitrogen functional groups attached to an aromatic ring is 1. The summed E-state index contributed by atoms with van der Waals surface area (Å²) in [5.41, 5.74) is 6.94. The molecule has 2 aromatic rings. The SMILES string of the molecule is Cc1ocnc1C(=O)N1CCC[C@@H](Cc2cnc(N)cn2)CC1. The van der Waals surface area contributed by atoms with Gasteiger partial charge in [-0.1, -0.05) is 0 Å². The first-order chi connectivity index (χ1) is 11.1. The summed E-state index contributed by atoms with van der Waals surface area (Å²) in [5, 5.41) is 0. The summed E-state index contributed by atoms with van der Waals surface area (Å²) >= 11 is 0. The first kappa shape index (κ1) is 15.5. The molecule has 1 aliphatic heterocycles. The lowest BCUT2D eigenvalue weighted by atomic mass is 9.95. The third-order valence-corrected chi connectivity index (χ3v) is 4.31.